The average molecular weight is 431 g/mol. The van der Waals surface area contributed by atoms with Crippen molar-refractivity contribution in [1.82, 2.24) is 4.57 Å². The van der Waals surface area contributed by atoms with Crippen molar-refractivity contribution in [3.63, 3.8) is 0 Å². The first-order chi connectivity index (χ1) is 13.7. The van der Waals surface area contributed by atoms with E-state index in [1.165, 1.54) is 17.8 Å². The van der Waals surface area contributed by atoms with Gasteiger partial charge in [-0.25, -0.2) is 13.2 Å². The maximum atomic E-state index is 12.7. The molecule has 9 heteroatoms. The molecular formula is C20H18N2O5S2. The third-order valence-corrected chi connectivity index (χ3v) is 6.54. The second-order valence-electron chi connectivity index (χ2n) is 6.91. The number of carboxylic acid groups (broad SMARTS) is 1. The monoisotopic (exact) mass is 430 g/mol. The number of aliphatic carboxylic acids is 1. The van der Waals surface area contributed by atoms with Gasteiger partial charge in [-0.15, -0.1) is 11.8 Å². The number of rotatable bonds is 5. The summed E-state index contributed by atoms with van der Waals surface area (Å²) >= 11 is 1.17. The highest BCUT2D eigenvalue weighted by molar-refractivity contribution is 7.99. The Morgan fingerprint density at radius 1 is 1.21 bits per heavy atom. The summed E-state index contributed by atoms with van der Waals surface area (Å²) in [4.78, 5) is 24.3. The summed E-state index contributed by atoms with van der Waals surface area (Å²) in [6.07, 6.45) is 1.37. The van der Waals surface area contributed by atoms with Crippen LogP contribution < -0.4 is 10.3 Å². The van der Waals surface area contributed by atoms with Crippen LogP contribution in [0.5, 0.6) is 0 Å². The first kappa shape index (κ1) is 19.5. The second kappa shape index (κ2) is 7.23. The van der Waals surface area contributed by atoms with Crippen LogP contribution in [0.15, 0.2) is 58.4 Å². The summed E-state index contributed by atoms with van der Waals surface area (Å²) < 4.78 is 27.7. The highest BCUT2D eigenvalue weighted by atomic mass is 32.2. The molecule has 1 aliphatic rings. The van der Waals surface area contributed by atoms with Crippen LogP contribution in [0.2, 0.25) is 0 Å². The van der Waals surface area contributed by atoms with Gasteiger partial charge in [0, 0.05) is 18.2 Å². The molecule has 0 spiro atoms. The third-order valence-electron chi connectivity index (χ3n) is 4.81. The van der Waals surface area contributed by atoms with Crippen molar-refractivity contribution >= 4 is 44.2 Å². The lowest BCUT2D eigenvalue weighted by Gasteiger charge is -2.17. The Hall–Kier alpha value is -2.78. The Balaban J connectivity index is 1.90. The molecule has 0 saturated heterocycles. The van der Waals surface area contributed by atoms with Crippen molar-refractivity contribution < 1.29 is 18.3 Å². The third kappa shape index (κ3) is 3.75. The number of carbonyl (C=O) groups is 1. The van der Waals surface area contributed by atoms with Gasteiger partial charge in [0.15, 0.2) is 0 Å². The van der Waals surface area contributed by atoms with Gasteiger partial charge in [-0.05, 0) is 21.9 Å². The number of thioether (sulfide) groups is 1. The van der Waals surface area contributed by atoms with Crippen molar-refractivity contribution in [3.05, 3.63) is 70.0 Å². The Morgan fingerprint density at radius 2 is 1.93 bits per heavy atom. The van der Waals surface area contributed by atoms with Gasteiger partial charge in [-0.3, -0.25) is 14.1 Å². The van der Waals surface area contributed by atoms with E-state index in [1.807, 2.05) is 42.5 Å². The molecule has 0 radical (unpaired) electrons. The lowest BCUT2D eigenvalue weighted by Crippen LogP contribution is -2.29. The molecule has 0 fully saturated rings. The van der Waals surface area contributed by atoms with Crippen LogP contribution in [0.25, 0.3) is 10.8 Å². The van der Waals surface area contributed by atoms with E-state index in [-0.39, 0.29) is 11.4 Å². The van der Waals surface area contributed by atoms with Gasteiger partial charge in [0.2, 0.25) is 10.0 Å². The molecular weight excluding hydrogens is 412 g/mol. The van der Waals surface area contributed by atoms with E-state index in [1.54, 1.807) is 0 Å². The molecule has 4 rings (SSSR count). The Bertz CT molecular complexity index is 1290. The molecule has 150 valence electrons. The number of fused-ring (bicyclic) bond motifs is 2. The lowest BCUT2D eigenvalue weighted by atomic mass is 9.98. The molecule has 7 nitrogen and oxygen atoms in total. The first-order valence-corrected chi connectivity index (χ1v) is 11.7. The molecule has 2 N–H and O–H groups in total. The van der Waals surface area contributed by atoms with E-state index in [0.717, 1.165) is 27.2 Å². The lowest BCUT2D eigenvalue weighted by molar-refractivity contribution is -0.140. The Labute approximate surface area is 171 Å². The van der Waals surface area contributed by atoms with Crippen LogP contribution in [0.4, 0.5) is 5.69 Å². The predicted molar refractivity (Wildman–Crippen MR) is 113 cm³/mol. The molecule has 2 heterocycles. The van der Waals surface area contributed by atoms with Crippen molar-refractivity contribution in [2.45, 2.75) is 17.5 Å². The fourth-order valence-corrected chi connectivity index (χ4v) is 5.54. The van der Waals surface area contributed by atoms with Crippen LogP contribution in [-0.2, 0) is 21.2 Å². The number of benzene rings is 2. The van der Waals surface area contributed by atoms with Crippen LogP contribution in [0.3, 0.4) is 0 Å². The number of hydrogen-bond acceptors (Lipinski definition) is 5. The summed E-state index contributed by atoms with van der Waals surface area (Å²) in [5, 5.41) is 11.8. The zero-order valence-electron chi connectivity index (χ0n) is 15.5. The largest absolute Gasteiger partial charge is 0.480 e. The fourth-order valence-electron chi connectivity index (χ4n) is 3.59. The normalized spacial score (nSPS) is 16.0. The van der Waals surface area contributed by atoms with E-state index < -0.39 is 27.6 Å². The minimum absolute atomic E-state index is 0.167. The van der Waals surface area contributed by atoms with Gasteiger partial charge in [-0.1, -0.05) is 42.5 Å². The van der Waals surface area contributed by atoms with Crippen molar-refractivity contribution in [3.8, 4) is 0 Å². The van der Waals surface area contributed by atoms with E-state index >= 15 is 0 Å². The topological polar surface area (TPSA) is 105 Å². The number of nitrogens with zero attached hydrogens (tertiary/aromatic N) is 1. The number of nitrogens with one attached hydrogen (secondary N) is 1. The fraction of sp³-hybridized carbons (Fsp3) is 0.200. The molecule has 29 heavy (non-hydrogen) atoms. The molecule has 0 aliphatic carbocycles. The summed E-state index contributed by atoms with van der Waals surface area (Å²) in [5.41, 5.74) is 1.28. The van der Waals surface area contributed by atoms with Crippen molar-refractivity contribution in [1.29, 1.82) is 0 Å². The standard InChI is InChI=1S/C20H18N2O5S2/c1-29(26,27)21-18-14(9-13-7-4-6-12-5-2-3-8-15(12)13)10-17(23)22-16(20(24)25)11-28-19(18)22/h2-8,10,16,21H,9,11H2,1H3,(H,24,25). The number of hydrogen-bond donors (Lipinski definition) is 2. The van der Waals surface area contributed by atoms with Gasteiger partial charge in [0.05, 0.1) is 11.9 Å². The van der Waals surface area contributed by atoms with Gasteiger partial charge in [0.1, 0.15) is 11.1 Å². The number of aromatic nitrogens is 1. The van der Waals surface area contributed by atoms with E-state index in [2.05, 4.69) is 4.72 Å². The summed E-state index contributed by atoms with van der Waals surface area (Å²) in [7, 11) is -3.63. The van der Waals surface area contributed by atoms with Gasteiger partial charge < -0.3 is 5.11 Å². The summed E-state index contributed by atoms with van der Waals surface area (Å²) in [5.74, 6) is -0.953. The highest BCUT2D eigenvalue weighted by Gasteiger charge is 2.33. The van der Waals surface area contributed by atoms with Gasteiger partial charge in [-0.2, -0.15) is 0 Å². The zero-order chi connectivity index (χ0) is 20.8. The number of sulfonamides is 1. The highest BCUT2D eigenvalue weighted by Crippen LogP contribution is 2.40. The maximum absolute atomic E-state index is 12.7. The van der Waals surface area contributed by atoms with Crippen LogP contribution in [-0.4, -0.2) is 36.1 Å². The average Bonchev–Trinajstić information content (AvgIpc) is 3.10. The van der Waals surface area contributed by atoms with Crippen LogP contribution in [0, 0.1) is 0 Å². The molecule has 3 aromatic rings. The number of carboxylic acids is 1. The molecule has 1 unspecified atom stereocenters. The van der Waals surface area contributed by atoms with Crippen LogP contribution >= 0.6 is 11.8 Å². The van der Waals surface area contributed by atoms with E-state index in [0.29, 0.717) is 17.0 Å². The number of pyridine rings is 1. The van der Waals surface area contributed by atoms with Crippen molar-refractivity contribution in [2.24, 2.45) is 0 Å². The smallest absolute Gasteiger partial charge is 0.327 e. The zero-order valence-corrected chi connectivity index (χ0v) is 17.1. The molecule has 1 atom stereocenters. The minimum Gasteiger partial charge on any atom is -0.480 e. The molecule has 2 aromatic carbocycles. The Kier molecular flexibility index (Phi) is 4.87. The van der Waals surface area contributed by atoms with Crippen LogP contribution in [0.1, 0.15) is 17.2 Å². The first-order valence-electron chi connectivity index (χ1n) is 8.83. The molecule has 1 aromatic heterocycles. The van der Waals surface area contributed by atoms with E-state index in [4.69, 9.17) is 0 Å². The number of anilines is 1. The maximum Gasteiger partial charge on any atom is 0.327 e. The minimum atomic E-state index is -3.63. The second-order valence-corrected chi connectivity index (χ2v) is 9.67. The van der Waals surface area contributed by atoms with Gasteiger partial charge in [0.25, 0.3) is 5.56 Å². The molecule has 0 amide bonds. The SMILES string of the molecule is CS(=O)(=O)Nc1c(Cc2cccc3ccccc23)cc(=O)n2c1SCC2C(=O)O. The molecule has 1 aliphatic heterocycles. The molecule has 0 saturated carbocycles. The summed E-state index contributed by atoms with van der Waals surface area (Å²) in [6.45, 7) is 0. The van der Waals surface area contributed by atoms with E-state index in [9.17, 15) is 23.1 Å². The van der Waals surface area contributed by atoms with Crippen molar-refractivity contribution in [2.75, 3.05) is 16.7 Å². The Morgan fingerprint density at radius 3 is 2.66 bits per heavy atom. The molecule has 0 bridgehead atoms. The quantitative estimate of drug-likeness (QED) is 0.645. The predicted octanol–water partition coefficient (Wildman–Crippen LogP) is 2.70. The van der Waals surface area contributed by atoms with Gasteiger partial charge >= 0.3 is 5.97 Å². The summed E-state index contributed by atoms with van der Waals surface area (Å²) in [6, 6.07) is 14.0.